The Morgan fingerprint density at radius 2 is 1.89 bits per heavy atom. The first kappa shape index (κ1) is 11.0. The number of carbonyl (C=O) groups excluding carboxylic acids is 1. The first-order valence-electron chi connectivity index (χ1n) is 5.36. The summed E-state index contributed by atoms with van der Waals surface area (Å²) in [4.78, 5) is 20.5. The van der Waals surface area contributed by atoms with Gasteiger partial charge in [-0.25, -0.2) is 9.97 Å². The Hall–Kier alpha value is -2.08. The monoisotopic (exact) mass is 258 g/mol. The fourth-order valence-corrected chi connectivity index (χ4v) is 2.08. The van der Waals surface area contributed by atoms with E-state index in [1.165, 1.54) is 11.8 Å². The number of para-hydroxylation sites is 2. The smallest absolute Gasteiger partial charge is 0.261 e. The zero-order valence-electron chi connectivity index (χ0n) is 9.60. The topological polar surface area (TPSA) is 66.9 Å². The van der Waals surface area contributed by atoms with Crippen molar-refractivity contribution in [3.8, 4) is 0 Å². The van der Waals surface area contributed by atoms with Crippen LogP contribution in [0.5, 0.6) is 0 Å². The van der Waals surface area contributed by atoms with Gasteiger partial charge in [0.25, 0.3) is 5.91 Å². The number of rotatable bonds is 1. The lowest BCUT2D eigenvalue weighted by molar-refractivity contribution is 0.102. The minimum atomic E-state index is -0.199. The number of nitrogens with zero attached hydrogens (tertiary/aromatic N) is 2. The molecule has 0 atom stereocenters. The van der Waals surface area contributed by atoms with Gasteiger partial charge in [-0.05, 0) is 18.4 Å². The van der Waals surface area contributed by atoms with E-state index >= 15 is 0 Å². The molecule has 2 N–H and O–H groups in total. The number of benzene rings is 1. The van der Waals surface area contributed by atoms with Crippen molar-refractivity contribution in [2.75, 3.05) is 16.9 Å². The van der Waals surface area contributed by atoms with Crippen LogP contribution in [0.2, 0.25) is 0 Å². The molecule has 18 heavy (non-hydrogen) atoms. The summed E-state index contributed by atoms with van der Waals surface area (Å²) < 4.78 is 0. The number of thioether (sulfide) groups is 1. The molecule has 6 heteroatoms. The Morgan fingerprint density at radius 3 is 2.61 bits per heavy atom. The van der Waals surface area contributed by atoms with Crippen molar-refractivity contribution < 1.29 is 4.79 Å². The van der Waals surface area contributed by atoms with Gasteiger partial charge in [0.1, 0.15) is 11.4 Å². The van der Waals surface area contributed by atoms with Gasteiger partial charge in [-0.3, -0.25) is 4.79 Å². The molecule has 0 bridgehead atoms. The van der Waals surface area contributed by atoms with E-state index in [0.29, 0.717) is 16.5 Å². The van der Waals surface area contributed by atoms with E-state index < -0.39 is 0 Å². The van der Waals surface area contributed by atoms with E-state index in [4.69, 9.17) is 0 Å². The van der Waals surface area contributed by atoms with Crippen LogP contribution in [-0.4, -0.2) is 22.1 Å². The molecular weight excluding hydrogens is 248 g/mol. The minimum absolute atomic E-state index is 0.199. The van der Waals surface area contributed by atoms with E-state index in [9.17, 15) is 4.79 Å². The maximum Gasteiger partial charge on any atom is 0.261 e. The molecule has 0 fully saturated rings. The standard InChI is InChI=1S/C12H10N4OS/c1-18-12-13-6-7-10(16-12)14-8-4-2-3-5-9(8)15-11(7)17/h2-6H,1H3,(H,15,17)(H,13,14,16). The Bertz CT molecular complexity index is 629. The van der Waals surface area contributed by atoms with Gasteiger partial charge < -0.3 is 10.6 Å². The summed E-state index contributed by atoms with van der Waals surface area (Å²) in [5.74, 6) is 0.340. The third-order valence-corrected chi connectivity index (χ3v) is 3.18. The van der Waals surface area contributed by atoms with E-state index in [0.717, 1.165) is 11.4 Å². The van der Waals surface area contributed by atoms with Gasteiger partial charge in [-0.1, -0.05) is 23.9 Å². The predicted molar refractivity (Wildman–Crippen MR) is 71.5 cm³/mol. The normalized spacial score (nSPS) is 12.8. The number of amides is 1. The summed E-state index contributed by atoms with van der Waals surface area (Å²) in [7, 11) is 0. The fourth-order valence-electron chi connectivity index (χ4n) is 1.74. The van der Waals surface area contributed by atoms with Gasteiger partial charge >= 0.3 is 0 Å². The molecule has 5 nitrogen and oxygen atoms in total. The minimum Gasteiger partial charge on any atom is -0.338 e. The third-order valence-electron chi connectivity index (χ3n) is 2.62. The zero-order valence-corrected chi connectivity index (χ0v) is 10.4. The lowest BCUT2D eigenvalue weighted by Crippen LogP contribution is -2.11. The number of hydrogen-bond acceptors (Lipinski definition) is 5. The highest BCUT2D eigenvalue weighted by Crippen LogP contribution is 2.30. The molecule has 1 aromatic heterocycles. The summed E-state index contributed by atoms with van der Waals surface area (Å²) in [6, 6.07) is 7.51. The van der Waals surface area contributed by atoms with E-state index in [2.05, 4.69) is 20.6 Å². The molecule has 2 heterocycles. The second kappa shape index (κ2) is 4.30. The van der Waals surface area contributed by atoms with Crippen LogP contribution in [0.4, 0.5) is 17.2 Å². The predicted octanol–water partition coefficient (Wildman–Crippen LogP) is 2.51. The molecule has 0 unspecified atom stereocenters. The van der Waals surface area contributed by atoms with Gasteiger partial charge in [0.05, 0.1) is 11.4 Å². The highest BCUT2D eigenvalue weighted by molar-refractivity contribution is 7.98. The second-order valence-corrected chi connectivity index (χ2v) is 4.52. The quantitative estimate of drug-likeness (QED) is 0.607. The maximum absolute atomic E-state index is 12.0. The second-order valence-electron chi connectivity index (χ2n) is 3.74. The summed E-state index contributed by atoms with van der Waals surface area (Å²) in [5.41, 5.74) is 2.02. The number of fused-ring (bicyclic) bond motifs is 2. The molecule has 0 radical (unpaired) electrons. The van der Waals surface area contributed by atoms with Crippen LogP contribution in [0.15, 0.2) is 35.6 Å². The van der Waals surface area contributed by atoms with E-state index in [1.54, 1.807) is 6.20 Å². The SMILES string of the molecule is CSc1ncc2c(n1)Nc1ccccc1NC2=O. The molecule has 3 rings (SSSR count). The van der Waals surface area contributed by atoms with Crippen molar-refractivity contribution in [3.63, 3.8) is 0 Å². The largest absolute Gasteiger partial charge is 0.338 e. The molecule has 1 amide bonds. The fraction of sp³-hybridized carbons (Fsp3) is 0.0833. The van der Waals surface area contributed by atoms with Crippen molar-refractivity contribution in [1.82, 2.24) is 9.97 Å². The molecule has 0 saturated heterocycles. The Kier molecular flexibility index (Phi) is 2.64. The molecule has 2 aromatic rings. The van der Waals surface area contributed by atoms with Crippen LogP contribution < -0.4 is 10.6 Å². The third kappa shape index (κ3) is 1.80. The molecule has 1 aliphatic heterocycles. The highest BCUT2D eigenvalue weighted by Gasteiger charge is 2.20. The molecule has 0 spiro atoms. The molecule has 0 aliphatic carbocycles. The summed E-state index contributed by atoms with van der Waals surface area (Å²) in [5, 5.41) is 6.62. The number of hydrogen-bond donors (Lipinski definition) is 2. The number of nitrogens with one attached hydrogen (secondary N) is 2. The van der Waals surface area contributed by atoms with E-state index in [-0.39, 0.29) is 5.91 Å². The summed E-state index contributed by atoms with van der Waals surface area (Å²) in [6.45, 7) is 0. The van der Waals surface area contributed by atoms with E-state index in [1.807, 2.05) is 30.5 Å². The van der Waals surface area contributed by atoms with Gasteiger partial charge in [0.2, 0.25) is 0 Å². The van der Waals surface area contributed by atoms with Gasteiger partial charge in [-0.2, -0.15) is 0 Å². The van der Waals surface area contributed by atoms with Gasteiger partial charge in [-0.15, -0.1) is 0 Å². The van der Waals surface area contributed by atoms with Crippen LogP contribution in [0.25, 0.3) is 0 Å². The first-order valence-corrected chi connectivity index (χ1v) is 6.59. The lowest BCUT2D eigenvalue weighted by Gasteiger charge is -2.07. The Balaban J connectivity index is 2.14. The van der Waals surface area contributed by atoms with Gasteiger partial charge in [0, 0.05) is 6.20 Å². The maximum atomic E-state index is 12.0. The van der Waals surface area contributed by atoms with Crippen LogP contribution in [0.3, 0.4) is 0 Å². The summed E-state index contributed by atoms with van der Waals surface area (Å²) >= 11 is 1.44. The molecular formula is C12H10N4OS. The lowest BCUT2D eigenvalue weighted by atomic mass is 10.2. The average Bonchev–Trinajstić information content (AvgIpc) is 2.54. The molecule has 90 valence electrons. The van der Waals surface area contributed by atoms with Gasteiger partial charge in [0.15, 0.2) is 5.16 Å². The highest BCUT2D eigenvalue weighted by atomic mass is 32.2. The number of carbonyl (C=O) groups is 1. The van der Waals surface area contributed by atoms with Crippen LogP contribution >= 0.6 is 11.8 Å². The Morgan fingerprint density at radius 1 is 1.17 bits per heavy atom. The van der Waals surface area contributed by atoms with Crippen LogP contribution in [0, 0.1) is 0 Å². The first-order chi connectivity index (χ1) is 8.78. The molecule has 1 aromatic carbocycles. The van der Waals surface area contributed by atoms with Crippen molar-refractivity contribution in [1.29, 1.82) is 0 Å². The zero-order chi connectivity index (χ0) is 12.5. The van der Waals surface area contributed by atoms with Crippen molar-refractivity contribution in [2.45, 2.75) is 5.16 Å². The molecule has 0 saturated carbocycles. The van der Waals surface area contributed by atoms with Crippen molar-refractivity contribution >= 4 is 34.9 Å². The van der Waals surface area contributed by atoms with Crippen molar-refractivity contribution in [3.05, 3.63) is 36.0 Å². The van der Waals surface area contributed by atoms with Crippen molar-refractivity contribution in [2.24, 2.45) is 0 Å². The Labute approximate surface area is 108 Å². The molecule has 1 aliphatic rings. The number of aromatic nitrogens is 2. The number of anilines is 3. The summed E-state index contributed by atoms with van der Waals surface area (Å²) in [6.07, 6.45) is 3.44. The average molecular weight is 258 g/mol. The van der Waals surface area contributed by atoms with Crippen LogP contribution in [-0.2, 0) is 0 Å². The van der Waals surface area contributed by atoms with Crippen LogP contribution in [0.1, 0.15) is 10.4 Å².